The first kappa shape index (κ1) is 22.0. The van der Waals surface area contributed by atoms with Crippen molar-refractivity contribution in [2.75, 3.05) is 6.61 Å². The Balaban J connectivity index is 1.85. The number of allylic oxidation sites excluding steroid dienone is 3. The van der Waals surface area contributed by atoms with Crippen molar-refractivity contribution in [1.29, 1.82) is 0 Å². The molecule has 2 aromatic rings. The van der Waals surface area contributed by atoms with E-state index in [1.807, 2.05) is 31.2 Å². The molecule has 152 valence electrons. The Labute approximate surface area is 172 Å². The highest BCUT2D eigenvalue weighted by atomic mass is 16.5. The lowest BCUT2D eigenvalue weighted by Crippen LogP contribution is -1.95. The molecule has 0 bridgehead atoms. The molecule has 2 aromatic carbocycles. The lowest BCUT2D eigenvalue weighted by atomic mass is 10.1. The quantitative estimate of drug-likeness (QED) is 0.293. The molecule has 0 atom stereocenters. The third kappa shape index (κ3) is 7.70. The van der Waals surface area contributed by atoms with Crippen LogP contribution >= 0.6 is 0 Å². The number of phenolic OH excluding ortho intramolecular Hbond substituents is 2. The standard InChI is InChI=1S/C25H28O4/c1-18(2)5-4-6-19(3)15-16-29-22-11-7-20(8-12-22)9-14-24(27)23-13-10-21(26)17-25(23)28/h7-15,17,26,28H,1,4-6,16H2,2-3H3/b14-9+,19-15+. The summed E-state index contributed by atoms with van der Waals surface area (Å²) in [5.41, 5.74) is 3.51. The van der Waals surface area contributed by atoms with Crippen LogP contribution in [0.4, 0.5) is 0 Å². The summed E-state index contributed by atoms with van der Waals surface area (Å²) in [6, 6.07) is 11.3. The zero-order chi connectivity index (χ0) is 21.2. The van der Waals surface area contributed by atoms with Crippen LogP contribution in [-0.4, -0.2) is 22.6 Å². The Hall–Kier alpha value is -3.27. The summed E-state index contributed by atoms with van der Waals surface area (Å²) in [5.74, 6) is 0.0904. The summed E-state index contributed by atoms with van der Waals surface area (Å²) < 4.78 is 5.74. The summed E-state index contributed by atoms with van der Waals surface area (Å²) in [4.78, 5) is 12.2. The number of hydrogen-bond acceptors (Lipinski definition) is 4. The van der Waals surface area contributed by atoms with E-state index in [4.69, 9.17) is 4.74 Å². The molecule has 0 aliphatic rings. The second kappa shape index (κ2) is 10.9. The predicted molar refractivity (Wildman–Crippen MR) is 117 cm³/mol. The van der Waals surface area contributed by atoms with Gasteiger partial charge in [0.05, 0.1) is 5.56 Å². The number of aromatic hydroxyl groups is 2. The maximum atomic E-state index is 12.2. The van der Waals surface area contributed by atoms with Crippen LogP contribution in [0.2, 0.25) is 0 Å². The normalized spacial score (nSPS) is 11.6. The highest BCUT2D eigenvalue weighted by molar-refractivity contribution is 6.08. The summed E-state index contributed by atoms with van der Waals surface area (Å²) in [6.07, 6.45) is 8.36. The van der Waals surface area contributed by atoms with Gasteiger partial charge in [-0.3, -0.25) is 4.79 Å². The maximum Gasteiger partial charge on any atom is 0.189 e. The molecule has 0 aromatic heterocycles. The van der Waals surface area contributed by atoms with E-state index in [0.717, 1.165) is 36.6 Å². The second-order valence-corrected chi connectivity index (χ2v) is 7.14. The van der Waals surface area contributed by atoms with E-state index in [2.05, 4.69) is 19.6 Å². The highest BCUT2D eigenvalue weighted by Gasteiger charge is 2.08. The molecule has 0 spiro atoms. The van der Waals surface area contributed by atoms with Crippen molar-refractivity contribution in [3.8, 4) is 17.2 Å². The van der Waals surface area contributed by atoms with E-state index in [1.54, 1.807) is 6.08 Å². The van der Waals surface area contributed by atoms with Crippen LogP contribution in [0.25, 0.3) is 6.08 Å². The Morgan fingerprint density at radius 3 is 2.45 bits per heavy atom. The Morgan fingerprint density at radius 1 is 1.07 bits per heavy atom. The van der Waals surface area contributed by atoms with Crippen molar-refractivity contribution in [1.82, 2.24) is 0 Å². The largest absolute Gasteiger partial charge is 0.508 e. The van der Waals surface area contributed by atoms with Gasteiger partial charge < -0.3 is 14.9 Å². The third-order valence-corrected chi connectivity index (χ3v) is 4.41. The highest BCUT2D eigenvalue weighted by Crippen LogP contribution is 2.23. The van der Waals surface area contributed by atoms with Gasteiger partial charge in [0.15, 0.2) is 5.78 Å². The van der Waals surface area contributed by atoms with Crippen LogP contribution in [-0.2, 0) is 0 Å². The van der Waals surface area contributed by atoms with E-state index in [0.29, 0.717) is 6.61 Å². The molecule has 0 fully saturated rings. The van der Waals surface area contributed by atoms with Crippen molar-refractivity contribution in [2.24, 2.45) is 0 Å². The van der Waals surface area contributed by atoms with Crippen LogP contribution in [0.1, 0.15) is 49.0 Å². The molecule has 0 aliphatic heterocycles. The van der Waals surface area contributed by atoms with Gasteiger partial charge in [0.1, 0.15) is 23.9 Å². The molecule has 0 radical (unpaired) electrons. The lowest BCUT2D eigenvalue weighted by molar-refractivity contribution is 0.104. The van der Waals surface area contributed by atoms with Gasteiger partial charge in [0.25, 0.3) is 0 Å². The Bertz CT molecular complexity index is 905. The van der Waals surface area contributed by atoms with Gasteiger partial charge in [-0.2, -0.15) is 0 Å². The van der Waals surface area contributed by atoms with Crippen molar-refractivity contribution in [3.05, 3.63) is 83.5 Å². The van der Waals surface area contributed by atoms with Crippen LogP contribution in [0.5, 0.6) is 17.2 Å². The number of rotatable bonds is 10. The first-order chi connectivity index (χ1) is 13.8. The van der Waals surface area contributed by atoms with Gasteiger partial charge in [-0.1, -0.05) is 29.4 Å². The topological polar surface area (TPSA) is 66.8 Å². The van der Waals surface area contributed by atoms with Crippen LogP contribution in [0, 0.1) is 0 Å². The number of benzene rings is 2. The number of phenols is 2. The molecular weight excluding hydrogens is 364 g/mol. The molecule has 4 heteroatoms. The third-order valence-electron chi connectivity index (χ3n) is 4.41. The smallest absolute Gasteiger partial charge is 0.189 e. The van der Waals surface area contributed by atoms with E-state index >= 15 is 0 Å². The monoisotopic (exact) mass is 392 g/mol. The molecular formula is C25H28O4. The maximum absolute atomic E-state index is 12.2. The van der Waals surface area contributed by atoms with Gasteiger partial charge in [0, 0.05) is 6.07 Å². The molecule has 0 heterocycles. The van der Waals surface area contributed by atoms with Gasteiger partial charge in [-0.15, -0.1) is 6.58 Å². The molecule has 0 saturated carbocycles. The average Bonchev–Trinajstić information content (AvgIpc) is 2.67. The van der Waals surface area contributed by atoms with E-state index in [-0.39, 0.29) is 22.8 Å². The van der Waals surface area contributed by atoms with Crippen molar-refractivity contribution >= 4 is 11.9 Å². The molecule has 4 nitrogen and oxygen atoms in total. The molecule has 2 rings (SSSR count). The summed E-state index contributed by atoms with van der Waals surface area (Å²) in [7, 11) is 0. The van der Waals surface area contributed by atoms with Gasteiger partial charge >= 0.3 is 0 Å². The molecule has 0 aliphatic carbocycles. The van der Waals surface area contributed by atoms with Crippen LogP contribution in [0.3, 0.4) is 0 Å². The van der Waals surface area contributed by atoms with Gasteiger partial charge in [-0.25, -0.2) is 0 Å². The van der Waals surface area contributed by atoms with Crippen molar-refractivity contribution in [3.63, 3.8) is 0 Å². The lowest BCUT2D eigenvalue weighted by Gasteiger charge is -2.05. The second-order valence-electron chi connectivity index (χ2n) is 7.14. The molecule has 29 heavy (non-hydrogen) atoms. The zero-order valence-electron chi connectivity index (χ0n) is 17.0. The Kier molecular flexibility index (Phi) is 8.28. The number of ether oxygens (including phenoxy) is 1. The first-order valence-corrected chi connectivity index (χ1v) is 9.62. The summed E-state index contributed by atoms with van der Waals surface area (Å²) in [6.45, 7) is 8.60. The van der Waals surface area contributed by atoms with Gasteiger partial charge in [-0.05, 0) is 75.1 Å². The van der Waals surface area contributed by atoms with Gasteiger partial charge in [0.2, 0.25) is 0 Å². The summed E-state index contributed by atoms with van der Waals surface area (Å²) >= 11 is 0. The number of carbonyl (C=O) groups excluding carboxylic acids is 1. The minimum atomic E-state index is -0.338. The van der Waals surface area contributed by atoms with Crippen molar-refractivity contribution in [2.45, 2.75) is 33.1 Å². The number of carbonyl (C=O) groups is 1. The molecule has 0 saturated heterocycles. The van der Waals surface area contributed by atoms with E-state index in [1.165, 1.54) is 29.4 Å². The number of ketones is 1. The molecule has 2 N–H and O–H groups in total. The fourth-order valence-electron chi connectivity index (χ4n) is 2.72. The minimum absolute atomic E-state index is 0.0875. The predicted octanol–water partition coefficient (Wildman–Crippen LogP) is 6.07. The fraction of sp³-hybridized carbons (Fsp3) is 0.240. The fourth-order valence-corrected chi connectivity index (χ4v) is 2.72. The first-order valence-electron chi connectivity index (χ1n) is 9.62. The average molecular weight is 392 g/mol. The zero-order valence-corrected chi connectivity index (χ0v) is 17.0. The van der Waals surface area contributed by atoms with E-state index in [9.17, 15) is 15.0 Å². The number of hydrogen-bond donors (Lipinski definition) is 2. The molecule has 0 amide bonds. The molecule has 0 unspecified atom stereocenters. The van der Waals surface area contributed by atoms with Crippen molar-refractivity contribution < 1.29 is 19.7 Å². The van der Waals surface area contributed by atoms with Crippen LogP contribution in [0.15, 0.2) is 72.3 Å². The summed E-state index contributed by atoms with van der Waals surface area (Å²) in [5, 5.41) is 19.0. The van der Waals surface area contributed by atoms with Crippen LogP contribution < -0.4 is 4.74 Å². The van der Waals surface area contributed by atoms with E-state index < -0.39 is 0 Å². The SMILES string of the molecule is C=C(C)CCC/C(C)=C/COc1ccc(/C=C/C(=O)c2ccc(O)cc2O)cc1. The minimum Gasteiger partial charge on any atom is -0.508 e. The Morgan fingerprint density at radius 2 is 1.79 bits per heavy atom.